The fourth-order valence-corrected chi connectivity index (χ4v) is 3.35. The molecular formula is C20H19F3N4O4. The third kappa shape index (κ3) is 4.93. The van der Waals surface area contributed by atoms with E-state index in [4.69, 9.17) is 0 Å². The number of carbonyl (C=O) groups is 2. The average molecular weight is 436 g/mol. The van der Waals surface area contributed by atoms with Crippen LogP contribution in [0.3, 0.4) is 0 Å². The number of fused-ring (bicyclic) bond motifs is 1. The summed E-state index contributed by atoms with van der Waals surface area (Å²) in [7, 11) is 0. The Morgan fingerprint density at radius 1 is 1.16 bits per heavy atom. The third-order valence-corrected chi connectivity index (χ3v) is 4.87. The monoisotopic (exact) mass is 436 g/mol. The van der Waals surface area contributed by atoms with Crippen LogP contribution in [-0.2, 0) is 17.4 Å². The Balaban J connectivity index is 1.58. The second-order valence-electron chi connectivity index (χ2n) is 6.93. The zero-order valence-corrected chi connectivity index (χ0v) is 16.5. The first-order chi connectivity index (χ1) is 14.6. The molecule has 8 nitrogen and oxygen atoms in total. The van der Waals surface area contributed by atoms with Gasteiger partial charge in [-0.1, -0.05) is 0 Å². The summed E-state index contributed by atoms with van der Waals surface area (Å²) >= 11 is 0. The molecule has 0 fully saturated rings. The summed E-state index contributed by atoms with van der Waals surface area (Å²) in [5.41, 5.74) is 0.188. The molecule has 0 saturated heterocycles. The van der Waals surface area contributed by atoms with E-state index >= 15 is 0 Å². The standard InChI is InChI=1S/C20H19F3N4O4/c1-12(28)26-9-6-13-10-14(2-5-17(13)26)19(29)25-8-7-24-16-4-3-15(20(21,22)23)11-18(16)27(30)31/h2-5,10-11,24H,6-9H2,1H3,(H,25,29). The van der Waals surface area contributed by atoms with Crippen molar-refractivity contribution < 1.29 is 27.7 Å². The maximum absolute atomic E-state index is 12.8. The minimum Gasteiger partial charge on any atom is -0.378 e. The van der Waals surface area contributed by atoms with Crippen molar-refractivity contribution in [1.29, 1.82) is 0 Å². The van der Waals surface area contributed by atoms with Crippen molar-refractivity contribution in [2.24, 2.45) is 0 Å². The van der Waals surface area contributed by atoms with Crippen molar-refractivity contribution in [2.75, 3.05) is 29.9 Å². The second-order valence-corrected chi connectivity index (χ2v) is 6.93. The summed E-state index contributed by atoms with van der Waals surface area (Å²) in [6.07, 6.45) is -4.04. The highest BCUT2D eigenvalue weighted by atomic mass is 19.4. The van der Waals surface area contributed by atoms with Crippen LogP contribution in [0.15, 0.2) is 36.4 Å². The first-order valence-electron chi connectivity index (χ1n) is 9.36. The second kappa shape index (κ2) is 8.62. The molecule has 0 aromatic heterocycles. The van der Waals surface area contributed by atoms with Crippen LogP contribution in [-0.4, -0.2) is 36.4 Å². The molecule has 3 rings (SSSR count). The Morgan fingerprint density at radius 2 is 1.90 bits per heavy atom. The van der Waals surface area contributed by atoms with Gasteiger partial charge in [0.2, 0.25) is 5.91 Å². The molecule has 0 radical (unpaired) electrons. The van der Waals surface area contributed by atoms with E-state index in [-0.39, 0.29) is 30.6 Å². The summed E-state index contributed by atoms with van der Waals surface area (Å²) in [5, 5.41) is 16.4. The number of halogens is 3. The fraction of sp³-hybridized carbons (Fsp3) is 0.300. The molecule has 2 N–H and O–H groups in total. The summed E-state index contributed by atoms with van der Waals surface area (Å²) in [6.45, 7) is 2.20. The number of hydrogen-bond acceptors (Lipinski definition) is 5. The van der Waals surface area contributed by atoms with E-state index in [0.717, 1.165) is 23.4 Å². The van der Waals surface area contributed by atoms with Crippen molar-refractivity contribution in [3.05, 3.63) is 63.2 Å². The number of nitrogens with one attached hydrogen (secondary N) is 2. The van der Waals surface area contributed by atoms with Gasteiger partial charge in [-0.25, -0.2) is 0 Å². The van der Waals surface area contributed by atoms with Gasteiger partial charge in [0.1, 0.15) is 5.69 Å². The molecule has 164 valence electrons. The van der Waals surface area contributed by atoms with E-state index in [9.17, 15) is 32.9 Å². The van der Waals surface area contributed by atoms with Crippen molar-refractivity contribution in [3.63, 3.8) is 0 Å². The number of anilines is 2. The van der Waals surface area contributed by atoms with Crippen LogP contribution in [0.25, 0.3) is 0 Å². The number of nitrogens with zero attached hydrogens (tertiary/aromatic N) is 2. The van der Waals surface area contributed by atoms with Gasteiger partial charge in [-0.3, -0.25) is 19.7 Å². The van der Waals surface area contributed by atoms with Gasteiger partial charge < -0.3 is 15.5 Å². The SMILES string of the molecule is CC(=O)N1CCc2cc(C(=O)NCCNc3ccc(C(F)(F)F)cc3[N+](=O)[O-])ccc21. The van der Waals surface area contributed by atoms with Gasteiger partial charge in [-0.15, -0.1) is 0 Å². The highest BCUT2D eigenvalue weighted by Gasteiger charge is 2.33. The molecule has 1 aliphatic rings. The number of hydrogen-bond donors (Lipinski definition) is 2. The lowest BCUT2D eigenvalue weighted by Crippen LogP contribution is -2.29. The molecule has 2 aromatic carbocycles. The van der Waals surface area contributed by atoms with Gasteiger partial charge in [0.25, 0.3) is 11.6 Å². The smallest absolute Gasteiger partial charge is 0.378 e. The Kier molecular flexibility index (Phi) is 6.14. The Morgan fingerprint density at radius 3 is 2.55 bits per heavy atom. The van der Waals surface area contributed by atoms with Crippen LogP contribution in [0.5, 0.6) is 0 Å². The molecule has 1 aliphatic heterocycles. The van der Waals surface area contributed by atoms with Gasteiger partial charge in [0, 0.05) is 43.9 Å². The number of carbonyl (C=O) groups excluding carboxylic acids is 2. The molecule has 0 saturated carbocycles. The lowest BCUT2D eigenvalue weighted by Gasteiger charge is -2.15. The molecule has 0 bridgehead atoms. The van der Waals surface area contributed by atoms with Crippen molar-refractivity contribution in [1.82, 2.24) is 5.32 Å². The lowest BCUT2D eigenvalue weighted by atomic mass is 10.1. The number of alkyl halides is 3. The van der Waals surface area contributed by atoms with E-state index in [1.165, 1.54) is 6.92 Å². The zero-order valence-electron chi connectivity index (χ0n) is 16.5. The molecule has 31 heavy (non-hydrogen) atoms. The van der Waals surface area contributed by atoms with E-state index in [1.807, 2.05) is 0 Å². The first kappa shape index (κ1) is 22.1. The van der Waals surface area contributed by atoms with E-state index in [1.54, 1.807) is 23.1 Å². The topological polar surface area (TPSA) is 105 Å². The van der Waals surface area contributed by atoms with Crippen LogP contribution in [0, 0.1) is 10.1 Å². The number of nitro benzene ring substituents is 1. The maximum Gasteiger partial charge on any atom is 0.416 e. The van der Waals surface area contributed by atoms with E-state index in [0.29, 0.717) is 24.6 Å². The molecule has 0 spiro atoms. The molecule has 2 amide bonds. The number of benzene rings is 2. The summed E-state index contributed by atoms with van der Waals surface area (Å²) in [5.74, 6) is -0.438. The van der Waals surface area contributed by atoms with Gasteiger partial charge >= 0.3 is 6.18 Å². The Hall–Kier alpha value is -3.63. The van der Waals surface area contributed by atoms with Crippen LogP contribution >= 0.6 is 0 Å². The van der Waals surface area contributed by atoms with E-state index in [2.05, 4.69) is 10.6 Å². The molecule has 2 aromatic rings. The normalized spacial score (nSPS) is 13.0. The zero-order chi connectivity index (χ0) is 22.8. The number of nitro groups is 1. The summed E-state index contributed by atoms with van der Waals surface area (Å²) < 4.78 is 38.3. The largest absolute Gasteiger partial charge is 0.416 e. The number of rotatable bonds is 6. The van der Waals surface area contributed by atoms with Gasteiger partial charge in [-0.05, 0) is 42.3 Å². The molecule has 11 heteroatoms. The predicted molar refractivity (Wildman–Crippen MR) is 107 cm³/mol. The van der Waals surface area contributed by atoms with Gasteiger partial charge in [-0.2, -0.15) is 13.2 Å². The Bertz CT molecular complexity index is 1040. The highest BCUT2D eigenvalue weighted by Crippen LogP contribution is 2.35. The summed E-state index contributed by atoms with van der Waals surface area (Å²) in [6, 6.07) is 7.23. The third-order valence-electron chi connectivity index (χ3n) is 4.87. The maximum atomic E-state index is 12.8. The molecule has 1 heterocycles. The fourth-order valence-electron chi connectivity index (χ4n) is 3.35. The van der Waals surface area contributed by atoms with Gasteiger partial charge in [0.15, 0.2) is 0 Å². The lowest BCUT2D eigenvalue weighted by molar-refractivity contribution is -0.384. The Labute approximate surface area is 175 Å². The van der Waals surface area contributed by atoms with E-state index < -0.39 is 22.4 Å². The minimum absolute atomic E-state index is 0.0700. The molecular weight excluding hydrogens is 417 g/mol. The predicted octanol–water partition coefficient (Wildman–Crippen LogP) is 3.36. The van der Waals surface area contributed by atoms with Crippen LogP contribution in [0.4, 0.5) is 30.2 Å². The summed E-state index contributed by atoms with van der Waals surface area (Å²) in [4.78, 5) is 35.8. The van der Waals surface area contributed by atoms with Crippen LogP contribution in [0.1, 0.15) is 28.4 Å². The quantitative estimate of drug-likeness (QED) is 0.411. The average Bonchev–Trinajstić information content (AvgIpc) is 3.13. The van der Waals surface area contributed by atoms with Gasteiger partial charge in [0.05, 0.1) is 10.5 Å². The van der Waals surface area contributed by atoms with Crippen LogP contribution in [0.2, 0.25) is 0 Å². The molecule has 0 aliphatic carbocycles. The minimum atomic E-state index is -4.69. The molecule has 0 unspecified atom stereocenters. The van der Waals surface area contributed by atoms with Crippen molar-refractivity contribution in [2.45, 2.75) is 19.5 Å². The number of amides is 2. The highest BCUT2D eigenvalue weighted by molar-refractivity contribution is 5.97. The first-order valence-corrected chi connectivity index (χ1v) is 9.36. The van der Waals surface area contributed by atoms with Crippen molar-refractivity contribution >= 4 is 28.9 Å². The van der Waals surface area contributed by atoms with Crippen molar-refractivity contribution in [3.8, 4) is 0 Å². The molecule has 0 atom stereocenters. The van der Waals surface area contributed by atoms with Crippen LogP contribution < -0.4 is 15.5 Å².